The standard InChI is InChI=1S/C16H16N2S/c1-11-4-3-5-13(8-11)12(2)18-14-6-7-15-16(9-14)19-10-17-15/h3-10,12,18H,1-2H3. The Hall–Kier alpha value is -1.87. The molecule has 0 saturated heterocycles. The van der Waals surface area contributed by atoms with Crippen molar-refractivity contribution in [3.8, 4) is 0 Å². The maximum atomic E-state index is 4.30. The fraction of sp³-hybridized carbons (Fsp3) is 0.188. The molecule has 1 heterocycles. The number of aryl methyl sites for hydroxylation is 1. The van der Waals surface area contributed by atoms with Crippen LogP contribution in [0.15, 0.2) is 48.0 Å². The van der Waals surface area contributed by atoms with Crippen molar-refractivity contribution in [2.75, 3.05) is 5.32 Å². The number of thiazole rings is 1. The lowest BCUT2D eigenvalue weighted by molar-refractivity contribution is 0.883. The van der Waals surface area contributed by atoms with Gasteiger partial charge in [-0.1, -0.05) is 29.8 Å². The molecule has 0 aliphatic heterocycles. The first-order chi connectivity index (χ1) is 9.22. The zero-order valence-electron chi connectivity index (χ0n) is 11.1. The number of nitrogens with one attached hydrogen (secondary N) is 1. The summed E-state index contributed by atoms with van der Waals surface area (Å²) < 4.78 is 1.22. The van der Waals surface area contributed by atoms with Crippen LogP contribution in [0.4, 0.5) is 5.69 Å². The lowest BCUT2D eigenvalue weighted by atomic mass is 10.1. The van der Waals surface area contributed by atoms with Crippen LogP contribution in [0.3, 0.4) is 0 Å². The van der Waals surface area contributed by atoms with E-state index in [4.69, 9.17) is 0 Å². The molecule has 0 radical (unpaired) electrons. The molecule has 2 nitrogen and oxygen atoms in total. The molecule has 0 spiro atoms. The minimum Gasteiger partial charge on any atom is -0.378 e. The fourth-order valence-electron chi connectivity index (χ4n) is 2.22. The summed E-state index contributed by atoms with van der Waals surface area (Å²) in [6, 6.07) is 15.2. The van der Waals surface area contributed by atoms with E-state index in [9.17, 15) is 0 Å². The van der Waals surface area contributed by atoms with E-state index in [1.165, 1.54) is 15.8 Å². The van der Waals surface area contributed by atoms with Gasteiger partial charge in [0.2, 0.25) is 0 Å². The van der Waals surface area contributed by atoms with Crippen LogP contribution in [0.5, 0.6) is 0 Å². The van der Waals surface area contributed by atoms with Gasteiger partial charge in [0.25, 0.3) is 0 Å². The average molecular weight is 268 g/mol. The van der Waals surface area contributed by atoms with E-state index in [0.717, 1.165) is 11.2 Å². The van der Waals surface area contributed by atoms with Gasteiger partial charge in [-0.25, -0.2) is 4.98 Å². The van der Waals surface area contributed by atoms with Gasteiger partial charge in [-0.15, -0.1) is 11.3 Å². The maximum Gasteiger partial charge on any atom is 0.0813 e. The predicted molar refractivity (Wildman–Crippen MR) is 82.8 cm³/mol. The Bertz CT molecular complexity index is 703. The number of benzene rings is 2. The molecule has 0 bridgehead atoms. The Labute approximate surface area is 117 Å². The van der Waals surface area contributed by atoms with E-state index < -0.39 is 0 Å². The molecule has 19 heavy (non-hydrogen) atoms. The Morgan fingerprint density at radius 1 is 1.16 bits per heavy atom. The zero-order chi connectivity index (χ0) is 13.2. The van der Waals surface area contributed by atoms with Crippen molar-refractivity contribution in [3.63, 3.8) is 0 Å². The molecule has 1 atom stereocenters. The SMILES string of the molecule is Cc1cccc(C(C)Nc2ccc3ncsc3c2)c1. The van der Waals surface area contributed by atoms with Crippen molar-refractivity contribution in [2.24, 2.45) is 0 Å². The van der Waals surface area contributed by atoms with Crippen LogP contribution in [0.25, 0.3) is 10.2 Å². The summed E-state index contributed by atoms with van der Waals surface area (Å²) in [6.45, 7) is 4.31. The molecule has 1 unspecified atom stereocenters. The van der Waals surface area contributed by atoms with Gasteiger partial charge >= 0.3 is 0 Å². The molecule has 3 heteroatoms. The lowest BCUT2D eigenvalue weighted by Crippen LogP contribution is -2.06. The highest BCUT2D eigenvalue weighted by molar-refractivity contribution is 7.16. The third-order valence-corrected chi connectivity index (χ3v) is 4.05. The highest BCUT2D eigenvalue weighted by Crippen LogP contribution is 2.25. The van der Waals surface area contributed by atoms with E-state index >= 15 is 0 Å². The Kier molecular flexibility index (Phi) is 3.22. The van der Waals surface area contributed by atoms with E-state index in [2.05, 4.69) is 66.6 Å². The first-order valence-electron chi connectivity index (χ1n) is 6.39. The number of nitrogens with zero attached hydrogens (tertiary/aromatic N) is 1. The van der Waals surface area contributed by atoms with Crippen LogP contribution < -0.4 is 5.32 Å². The highest BCUT2D eigenvalue weighted by Gasteiger charge is 2.06. The number of hydrogen-bond donors (Lipinski definition) is 1. The van der Waals surface area contributed by atoms with Gasteiger partial charge in [0, 0.05) is 11.7 Å². The number of rotatable bonds is 3. The van der Waals surface area contributed by atoms with Crippen molar-refractivity contribution >= 4 is 27.2 Å². The van der Waals surface area contributed by atoms with Crippen molar-refractivity contribution in [1.82, 2.24) is 4.98 Å². The van der Waals surface area contributed by atoms with Crippen LogP contribution >= 0.6 is 11.3 Å². The average Bonchev–Trinajstić information content (AvgIpc) is 2.86. The van der Waals surface area contributed by atoms with Gasteiger partial charge in [-0.3, -0.25) is 0 Å². The summed E-state index contributed by atoms with van der Waals surface area (Å²) in [5, 5.41) is 3.55. The number of aromatic nitrogens is 1. The quantitative estimate of drug-likeness (QED) is 0.739. The molecule has 0 aliphatic carbocycles. The fourth-order valence-corrected chi connectivity index (χ4v) is 2.93. The monoisotopic (exact) mass is 268 g/mol. The molecule has 3 rings (SSSR count). The second kappa shape index (κ2) is 5.02. The molecule has 2 aromatic carbocycles. The molecule has 3 aromatic rings. The normalized spacial score (nSPS) is 12.5. The number of hydrogen-bond acceptors (Lipinski definition) is 3. The summed E-state index contributed by atoms with van der Waals surface area (Å²) in [4.78, 5) is 4.30. The summed E-state index contributed by atoms with van der Waals surface area (Å²) in [5.74, 6) is 0. The van der Waals surface area contributed by atoms with Gasteiger partial charge in [0.15, 0.2) is 0 Å². The van der Waals surface area contributed by atoms with Crippen molar-refractivity contribution in [3.05, 3.63) is 59.1 Å². The predicted octanol–water partition coefficient (Wildman–Crippen LogP) is 4.78. The minimum atomic E-state index is 0.297. The van der Waals surface area contributed by atoms with Crippen LogP contribution in [-0.2, 0) is 0 Å². The second-order valence-corrected chi connectivity index (χ2v) is 5.70. The van der Waals surface area contributed by atoms with Crippen molar-refractivity contribution in [1.29, 1.82) is 0 Å². The van der Waals surface area contributed by atoms with Crippen LogP contribution in [0, 0.1) is 6.92 Å². The molecule has 0 aliphatic rings. The van der Waals surface area contributed by atoms with E-state index in [1.54, 1.807) is 11.3 Å². The first kappa shape index (κ1) is 12.2. The maximum absolute atomic E-state index is 4.30. The Balaban J connectivity index is 1.83. The van der Waals surface area contributed by atoms with Gasteiger partial charge in [-0.05, 0) is 37.6 Å². The Morgan fingerprint density at radius 3 is 2.89 bits per heavy atom. The minimum absolute atomic E-state index is 0.297. The smallest absolute Gasteiger partial charge is 0.0813 e. The first-order valence-corrected chi connectivity index (χ1v) is 7.27. The van der Waals surface area contributed by atoms with Gasteiger partial charge < -0.3 is 5.32 Å². The molecule has 0 amide bonds. The van der Waals surface area contributed by atoms with Gasteiger partial charge in [-0.2, -0.15) is 0 Å². The molecule has 96 valence electrons. The third-order valence-electron chi connectivity index (χ3n) is 3.26. The number of anilines is 1. The Morgan fingerprint density at radius 2 is 2.05 bits per heavy atom. The molecular formula is C16H16N2S. The van der Waals surface area contributed by atoms with E-state index in [0.29, 0.717) is 6.04 Å². The summed E-state index contributed by atoms with van der Waals surface area (Å²) in [6.07, 6.45) is 0. The zero-order valence-corrected chi connectivity index (χ0v) is 11.9. The highest BCUT2D eigenvalue weighted by atomic mass is 32.1. The lowest BCUT2D eigenvalue weighted by Gasteiger charge is -2.16. The van der Waals surface area contributed by atoms with Gasteiger partial charge in [0.1, 0.15) is 0 Å². The van der Waals surface area contributed by atoms with Crippen molar-refractivity contribution in [2.45, 2.75) is 19.9 Å². The third kappa shape index (κ3) is 2.61. The van der Waals surface area contributed by atoms with Crippen LogP contribution in [0.1, 0.15) is 24.1 Å². The molecule has 0 fully saturated rings. The molecule has 1 aromatic heterocycles. The molecular weight excluding hydrogens is 252 g/mol. The second-order valence-electron chi connectivity index (χ2n) is 4.82. The van der Waals surface area contributed by atoms with E-state index in [1.807, 2.05) is 5.51 Å². The number of fused-ring (bicyclic) bond motifs is 1. The van der Waals surface area contributed by atoms with Gasteiger partial charge in [0.05, 0.1) is 15.7 Å². The summed E-state index contributed by atoms with van der Waals surface area (Å²) >= 11 is 1.68. The molecule has 0 saturated carbocycles. The molecule has 1 N–H and O–H groups in total. The largest absolute Gasteiger partial charge is 0.378 e. The topological polar surface area (TPSA) is 24.9 Å². The van der Waals surface area contributed by atoms with E-state index in [-0.39, 0.29) is 0 Å². The summed E-state index contributed by atoms with van der Waals surface area (Å²) in [5.41, 5.74) is 6.70. The summed E-state index contributed by atoms with van der Waals surface area (Å²) in [7, 11) is 0. The van der Waals surface area contributed by atoms with Crippen molar-refractivity contribution < 1.29 is 0 Å². The van der Waals surface area contributed by atoms with Crippen LogP contribution in [0.2, 0.25) is 0 Å². The van der Waals surface area contributed by atoms with Crippen LogP contribution in [-0.4, -0.2) is 4.98 Å².